The number of nitrogens with one attached hydrogen (secondary N) is 1. The summed E-state index contributed by atoms with van der Waals surface area (Å²) in [5, 5.41) is 3.80. The third-order valence-corrected chi connectivity index (χ3v) is 2.79. The summed E-state index contributed by atoms with van der Waals surface area (Å²) in [6, 6.07) is 4.48. The van der Waals surface area contributed by atoms with Gasteiger partial charge in [0.2, 0.25) is 0 Å². The Balaban J connectivity index is 2.45. The number of Topliss-reactive ketones (excluding diaryl/α,β-unsaturated/α-hetero) is 1. The van der Waals surface area contributed by atoms with E-state index in [0.29, 0.717) is 12.1 Å². The first kappa shape index (κ1) is 11.8. The lowest BCUT2D eigenvalue weighted by atomic mass is 10.1. The second kappa shape index (κ2) is 4.67. The van der Waals surface area contributed by atoms with Crippen molar-refractivity contribution in [2.45, 2.75) is 6.92 Å². The second-order valence-electron chi connectivity index (χ2n) is 4.02. The molecule has 0 saturated carbocycles. The SMILES string of the molecule is CCNCC(=O)c1cn(C)c2cc(F)ccc12. The van der Waals surface area contributed by atoms with E-state index in [1.54, 1.807) is 16.8 Å². The summed E-state index contributed by atoms with van der Waals surface area (Å²) in [5.41, 5.74) is 1.38. The number of aromatic nitrogens is 1. The quantitative estimate of drug-likeness (QED) is 0.822. The Bertz CT molecular complexity index is 560. The number of likely N-dealkylation sites (N-methyl/N-ethyl adjacent to an activating group) is 1. The molecule has 17 heavy (non-hydrogen) atoms. The fraction of sp³-hybridized carbons (Fsp3) is 0.308. The van der Waals surface area contributed by atoms with Gasteiger partial charge in [0.05, 0.1) is 12.1 Å². The van der Waals surface area contributed by atoms with E-state index in [9.17, 15) is 9.18 Å². The second-order valence-corrected chi connectivity index (χ2v) is 4.02. The third-order valence-electron chi connectivity index (χ3n) is 2.79. The third kappa shape index (κ3) is 2.22. The van der Waals surface area contributed by atoms with Gasteiger partial charge in [-0.25, -0.2) is 4.39 Å². The van der Waals surface area contributed by atoms with Crippen molar-refractivity contribution in [3.63, 3.8) is 0 Å². The minimum Gasteiger partial charge on any atom is -0.350 e. The molecule has 0 amide bonds. The highest BCUT2D eigenvalue weighted by molar-refractivity contribution is 6.09. The summed E-state index contributed by atoms with van der Waals surface area (Å²) in [4.78, 5) is 11.9. The van der Waals surface area contributed by atoms with Crippen LogP contribution >= 0.6 is 0 Å². The van der Waals surface area contributed by atoms with Gasteiger partial charge in [0, 0.05) is 24.2 Å². The number of nitrogens with zero attached hydrogens (tertiary/aromatic N) is 1. The predicted molar refractivity (Wildman–Crippen MR) is 65.8 cm³/mol. The molecule has 0 spiro atoms. The molecule has 0 aliphatic heterocycles. The number of carbonyl (C=O) groups is 1. The van der Waals surface area contributed by atoms with Crippen LogP contribution < -0.4 is 5.32 Å². The maximum Gasteiger partial charge on any atom is 0.178 e. The van der Waals surface area contributed by atoms with Crippen LogP contribution in [-0.2, 0) is 7.05 Å². The average Bonchev–Trinajstić information content (AvgIpc) is 2.64. The zero-order chi connectivity index (χ0) is 12.4. The topological polar surface area (TPSA) is 34.0 Å². The largest absolute Gasteiger partial charge is 0.350 e. The number of fused-ring (bicyclic) bond motifs is 1. The summed E-state index contributed by atoms with van der Waals surface area (Å²) in [6.07, 6.45) is 1.75. The van der Waals surface area contributed by atoms with Crippen LogP contribution in [0.3, 0.4) is 0 Å². The number of carbonyl (C=O) groups excluding carboxylic acids is 1. The molecule has 0 unspecified atom stereocenters. The summed E-state index contributed by atoms with van der Waals surface area (Å²) in [5.74, 6) is -0.256. The van der Waals surface area contributed by atoms with Crippen molar-refractivity contribution in [2.75, 3.05) is 13.1 Å². The summed E-state index contributed by atoms with van der Waals surface area (Å²) in [7, 11) is 1.81. The van der Waals surface area contributed by atoms with Gasteiger partial charge in [-0.15, -0.1) is 0 Å². The van der Waals surface area contributed by atoms with Gasteiger partial charge >= 0.3 is 0 Å². The molecule has 0 fully saturated rings. The van der Waals surface area contributed by atoms with E-state index in [2.05, 4.69) is 5.32 Å². The molecule has 90 valence electrons. The number of benzene rings is 1. The molecule has 3 nitrogen and oxygen atoms in total. The standard InChI is InChI=1S/C13H15FN2O/c1-3-15-7-13(17)11-8-16(2)12-6-9(14)4-5-10(11)12/h4-6,8,15H,3,7H2,1-2H3. The van der Waals surface area contributed by atoms with Crippen molar-refractivity contribution in [3.8, 4) is 0 Å². The van der Waals surface area contributed by atoms with Crippen molar-refractivity contribution in [2.24, 2.45) is 7.05 Å². The van der Waals surface area contributed by atoms with Crippen molar-refractivity contribution >= 4 is 16.7 Å². The average molecular weight is 234 g/mol. The Hall–Kier alpha value is -1.68. The normalized spacial score (nSPS) is 11.0. The van der Waals surface area contributed by atoms with Gasteiger partial charge in [0.15, 0.2) is 5.78 Å². The monoisotopic (exact) mass is 234 g/mol. The minimum atomic E-state index is -0.288. The minimum absolute atomic E-state index is 0.0315. The first-order valence-corrected chi connectivity index (χ1v) is 5.62. The van der Waals surface area contributed by atoms with Crippen LogP contribution in [0.25, 0.3) is 10.9 Å². The molecule has 0 aliphatic rings. The van der Waals surface area contributed by atoms with E-state index >= 15 is 0 Å². The summed E-state index contributed by atoms with van der Waals surface area (Å²) in [6.45, 7) is 3.02. The van der Waals surface area contributed by atoms with Crippen LogP contribution in [0, 0.1) is 5.82 Å². The number of halogens is 1. The maximum atomic E-state index is 13.1. The molecule has 0 bridgehead atoms. The molecule has 4 heteroatoms. The molecule has 0 atom stereocenters. The van der Waals surface area contributed by atoms with Crippen molar-refractivity contribution < 1.29 is 9.18 Å². The number of ketones is 1. The van der Waals surface area contributed by atoms with Gasteiger partial charge in [-0.2, -0.15) is 0 Å². The van der Waals surface area contributed by atoms with E-state index in [0.717, 1.165) is 17.4 Å². The first-order chi connectivity index (χ1) is 8.13. The van der Waals surface area contributed by atoms with E-state index in [1.165, 1.54) is 12.1 Å². The van der Waals surface area contributed by atoms with E-state index in [4.69, 9.17) is 0 Å². The number of rotatable bonds is 4. The van der Waals surface area contributed by atoms with Gasteiger partial charge in [-0.05, 0) is 24.7 Å². The Morgan fingerprint density at radius 3 is 2.94 bits per heavy atom. The van der Waals surface area contributed by atoms with Crippen LogP contribution in [0.2, 0.25) is 0 Å². The van der Waals surface area contributed by atoms with Crippen molar-refractivity contribution in [3.05, 3.63) is 35.8 Å². The molecular formula is C13H15FN2O. The number of hydrogen-bond acceptors (Lipinski definition) is 2. The lowest BCUT2D eigenvalue weighted by Gasteiger charge is -1.99. The number of aryl methyl sites for hydroxylation is 1. The Labute approximate surface area is 99.2 Å². The molecule has 1 heterocycles. The highest BCUT2D eigenvalue weighted by Crippen LogP contribution is 2.21. The van der Waals surface area contributed by atoms with Crippen LogP contribution in [0.15, 0.2) is 24.4 Å². The smallest absolute Gasteiger partial charge is 0.178 e. The molecular weight excluding hydrogens is 219 g/mol. The fourth-order valence-corrected chi connectivity index (χ4v) is 1.91. The fourth-order valence-electron chi connectivity index (χ4n) is 1.91. The lowest BCUT2D eigenvalue weighted by molar-refractivity contribution is 0.0993. The molecule has 1 aromatic heterocycles. The summed E-state index contributed by atoms with van der Waals surface area (Å²) < 4.78 is 14.9. The van der Waals surface area contributed by atoms with Crippen molar-refractivity contribution in [1.82, 2.24) is 9.88 Å². The van der Waals surface area contributed by atoms with Gasteiger partial charge in [-0.1, -0.05) is 6.92 Å². The molecule has 1 aromatic carbocycles. The first-order valence-electron chi connectivity index (χ1n) is 5.62. The highest BCUT2D eigenvalue weighted by atomic mass is 19.1. The van der Waals surface area contributed by atoms with Gasteiger partial charge in [0.1, 0.15) is 5.82 Å². The lowest BCUT2D eigenvalue weighted by Crippen LogP contribution is -2.22. The van der Waals surface area contributed by atoms with E-state index in [1.807, 2.05) is 14.0 Å². The zero-order valence-electron chi connectivity index (χ0n) is 9.96. The van der Waals surface area contributed by atoms with Crippen LogP contribution in [0.4, 0.5) is 4.39 Å². The maximum absolute atomic E-state index is 13.1. The molecule has 0 saturated heterocycles. The Morgan fingerprint density at radius 2 is 2.24 bits per heavy atom. The van der Waals surface area contributed by atoms with Crippen LogP contribution in [0.5, 0.6) is 0 Å². The molecule has 0 aliphatic carbocycles. The van der Waals surface area contributed by atoms with Crippen molar-refractivity contribution in [1.29, 1.82) is 0 Å². The van der Waals surface area contributed by atoms with Gasteiger partial charge in [-0.3, -0.25) is 4.79 Å². The van der Waals surface area contributed by atoms with Crippen LogP contribution in [-0.4, -0.2) is 23.4 Å². The molecule has 0 radical (unpaired) electrons. The molecule has 1 N–H and O–H groups in total. The molecule has 2 aromatic rings. The highest BCUT2D eigenvalue weighted by Gasteiger charge is 2.13. The van der Waals surface area contributed by atoms with Crippen LogP contribution in [0.1, 0.15) is 17.3 Å². The predicted octanol–water partition coefficient (Wildman–Crippen LogP) is 2.11. The Kier molecular flexibility index (Phi) is 3.24. The Morgan fingerprint density at radius 1 is 1.47 bits per heavy atom. The number of hydrogen-bond donors (Lipinski definition) is 1. The summed E-state index contributed by atoms with van der Waals surface area (Å²) >= 11 is 0. The van der Waals surface area contributed by atoms with E-state index < -0.39 is 0 Å². The zero-order valence-corrected chi connectivity index (χ0v) is 9.96. The van der Waals surface area contributed by atoms with Gasteiger partial charge < -0.3 is 9.88 Å². The molecule has 2 rings (SSSR count). The van der Waals surface area contributed by atoms with E-state index in [-0.39, 0.29) is 11.6 Å². The van der Waals surface area contributed by atoms with Gasteiger partial charge in [0.25, 0.3) is 0 Å².